The Labute approximate surface area is 88.7 Å². The predicted octanol–water partition coefficient (Wildman–Crippen LogP) is 1.62. The van der Waals surface area contributed by atoms with Gasteiger partial charge in [0.1, 0.15) is 0 Å². The number of hydrogen-bond acceptors (Lipinski definition) is 4. The van der Waals surface area contributed by atoms with Gasteiger partial charge in [0.2, 0.25) is 0 Å². The molecule has 0 aromatic rings. The summed E-state index contributed by atoms with van der Waals surface area (Å²) in [6.07, 6.45) is -1.11. The SMILES string of the molecule is CCCCOC(=O)C(C)OC(=O)C(C)F. The van der Waals surface area contributed by atoms with E-state index in [1.54, 1.807) is 0 Å². The molecule has 0 spiro atoms. The monoisotopic (exact) mass is 220 g/mol. The number of carbonyl (C=O) groups is 2. The van der Waals surface area contributed by atoms with E-state index < -0.39 is 24.2 Å². The van der Waals surface area contributed by atoms with Gasteiger partial charge in [0.15, 0.2) is 12.3 Å². The highest BCUT2D eigenvalue weighted by molar-refractivity contribution is 5.80. The summed E-state index contributed by atoms with van der Waals surface area (Å²) in [5, 5.41) is 0. The van der Waals surface area contributed by atoms with Crippen LogP contribution in [0.2, 0.25) is 0 Å². The topological polar surface area (TPSA) is 52.6 Å². The van der Waals surface area contributed by atoms with Crippen molar-refractivity contribution in [2.24, 2.45) is 0 Å². The van der Waals surface area contributed by atoms with E-state index in [1.165, 1.54) is 6.92 Å². The number of esters is 2. The second kappa shape index (κ2) is 7.20. The Bertz CT molecular complexity index is 215. The van der Waals surface area contributed by atoms with Crippen molar-refractivity contribution in [1.29, 1.82) is 0 Å². The zero-order valence-electron chi connectivity index (χ0n) is 9.29. The summed E-state index contributed by atoms with van der Waals surface area (Å²) in [5.74, 6) is -1.69. The molecule has 2 unspecified atom stereocenters. The van der Waals surface area contributed by atoms with Gasteiger partial charge in [0.05, 0.1) is 6.61 Å². The molecule has 0 saturated carbocycles. The molecule has 5 heteroatoms. The maximum Gasteiger partial charge on any atom is 0.347 e. The van der Waals surface area contributed by atoms with Gasteiger partial charge in [-0.3, -0.25) is 0 Å². The third kappa shape index (κ3) is 6.04. The Morgan fingerprint density at radius 1 is 1.27 bits per heavy atom. The maximum absolute atomic E-state index is 12.4. The fourth-order valence-electron chi connectivity index (χ4n) is 0.751. The Morgan fingerprint density at radius 2 is 1.87 bits per heavy atom. The van der Waals surface area contributed by atoms with Crippen LogP contribution in [0.5, 0.6) is 0 Å². The molecule has 2 atom stereocenters. The van der Waals surface area contributed by atoms with Crippen molar-refractivity contribution < 1.29 is 23.5 Å². The fourth-order valence-corrected chi connectivity index (χ4v) is 0.751. The Morgan fingerprint density at radius 3 is 2.33 bits per heavy atom. The Hall–Kier alpha value is -1.13. The first-order valence-electron chi connectivity index (χ1n) is 5.00. The van der Waals surface area contributed by atoms with Crippen molar-refractivity contribution in [3.8, 4) is 0 Å². The molecule has 0 heterocycles. The zero-order valence-corrected chi connectivity index (χ0v) is 9.29. The minimum atomic E-state index is -1.73. The number of hydrogen-bond donors (Lipinski definition) is 0. The van der Waals surface area contributed by atoms with Crippen molar-refractivity contribution in [2.75, 3.05) is 6.61 Å². The summed E-state index contributed by atoms with van der Waals surface area (Å²) in [5.41, 5.74) is 0. The van der Waals surface area contributed by atoms with Crippen LogP contribution >= 0.6 is 0 Å². The normalized spacial score (nSPS) is 14.1. The highest BCUT2D eigenvalue weighted by atomic mass is 19.1. The molecule has 0 aliphatic carbocycles. The largest absolute Gasteiger partial charge is 0.463 e. The summed E-state index contributed by atoms with van der Waals surface area (Å²) < 4.78 is 21.7. The summed E-state index contributed by atoms with van der Waals surface area (Å²) in [6.45, 7) is 4.66. The summed E-state index contributed by atoms with van der Waals surface area (Å²) in [4.78, 5) is 21.9. The van der Waals surface area contributed by atoms with Gasteiger partial charge in [0, 0.05) is 0 Å². The highest BCUT2D eigenvalue weighted by Gasteiger charge is 2.22. The predicted molar refractivity (Wildman–Crippen MR) is 52.0 cm³/mol. The molecular weight excluding hydrogens is 203 g/mol. The van der Waals surface area contributed by atoms with E-state index in [0.29, 0.717) is 6.61 Å². The molecule has 0 aliphatic heterocycles. The van der Waals surface area contributed by atoms with Crippen LogP contribution in [-0.2, 0) is 19.1 Å². The van der Waals surface area contributed by atoms with Crippen molar-refractivity contribution in [2.45, 2.75) is 45.9 Å². The smallest absolute Gasteiger partial charge is 0.347 e. The molecule has 0 aliphatic rings. The molecule has 88 valence electrons. The lowest BCUT2D eigenvalue weighted by Crippen LogP contribution is -2.29. The summed E-state index contributed by atoms with van der Waals surface area (Å²) in [6, 6.07) is 0. The molecule has 4 nitrogen and oxygen atoms in total. The van der Waals surface area contributed by atoms with Gasteiger partial charge in [-0.1, -0.05) is 13.3 Å². The van der Waals surface area contributed by atoms with Gasteiger partial charge < -0.3 is 9.47 Å². The Balaban J connectivity index is 3.83. The average Bonchev–Trinajstić information content (AvgIpc) is 2.17. The van der Waals surface area contributed by atoms with Crippen LogP contribution in [-0.4, -0.2) is 30.8 Å². The van der Waals surface area contributed by atoms with E-state index in [0.717, 1.165) is 19.8 Å². The fraction of sp³-hybridized carbons (Fsp3) is 0.800. The number of ether oxygens (including phenoxy) is 2. The number of unbranched alkanes of at least 4 members (excludes halogenated alkanes) is 1. The molecule has 0 aromatic carbocycles. The van der Waals surface area contributed by atoms with Gasteiger partial charge in [-0.15, -0.1) is 0 Å². The van der Waals surface area contributed by atoms with Gasteiger partial charge in [-0.2, -0.15) is 0 Å². The van der Waals surface area contributed by atoms with Gasteiger partial charge in [-0.25, -0.2) is 14.0 Å². The molecule has 15 heavy (non-hydrogen) atoms. The van der Waals surface area contributed by atoms with Crippen LogP contribution in [0.4, 0.5) is 4.39 Å². The first kappa shape index (κ1) is 13.9. The van der Waals surface area contributed by atoms with Crippen LogP contribution in [0.15, 0.2) is 0 Å². The standard InChI is InChI=1S/C10H17FO4/c1-4-5-6-14-10(13)8(3)15-9(12)7(2)11/h7-8H,4-6H2,1-3H3. The van der Waals surface area contributed by atoms with Crippen LogP contribution in [0.1, 0.15) is 33.6 Å². The van der Waals surface area contributed by atoms with Crippen molar-refractivity contribution in [1.82, 2.24) is 0 Å². The van der Waals surface area contributed by atoms with Crippen molar-refractivity contribution >= 4 is 11.9 Å². The van der Waals surface area contributed by atoms with E-state index in [-0.39, 0.29) is 0 Å². The summed E-state index contributed by atoms with van der Waals surface area (Å²) in [7, 11) is 0. The molecular formula is C10H17FO4. The minimum Gasteiger partial charge on any atom is -0.463 e. The molecule has 0 aromatic heterocycles. The van der Waals surface area contributed by atoms with Crippen LogP contribution in [0, 0.1) is 0 Å². The molecule has 0 rings (SSSR count). The number of halogens is 1. The molecule has 0 amide bonds. The van der Waals surface area contributed by atoms with Gasteiger partial charge >= 0.3 is 11.9 Å². The molecule has 0 fully saturated rings. The lowest BCUT2D eigenvalue weighted by Gasteiger charge is -2.12. The van der Waals surface area contributed by atoms with E-state index in [2.05, 4.69) is 4.74 Å². The maximum atomic E-state index is 12.4. The zero-order chi connectivity index (χ0) is 11.8. The van der Waals surface area contributed by atoms with Crippen molar-refractivity contribution in [3.63, 3.8) is 0 Å². The molecule has 0 radical (unpaired) electrons. The average molecular weight is 220 g/mol. The van der Waals surface area contributed by atoms with Crippen LogP contribution < -0.4 is 0 Å². The second-order valence-electron chi connectivity index (χ2n) is 3.22. The lowest BCUT2D eigenvalue weighted by molar-refractivity contribution is -0.169. The van der Waals surface area contributed by atoms with Crippen LogP contribution in [0.3, 0.4) is 0 Å². The lowest BCUT2D eigenvalue weighted by atomic mass is 10.3. The highest BCUT2D eigenvalue weighted by Crippen LogP contribution is 2.01. The van der Waals surface area contributed by atoms with E-state index in [4.69, 9.17) is 4.74 Å². The first-order chi connectivity index (χ1) is 6.99. The van der Waals surface area contributed by atoms with E-state index >= 15 is 0 Å². The third-order valence-electron chi connectivity index (χ3n) is 1.69. The molecule has 0 bridgehead atoms. The third-order valence-corrected chi connectivity index (χ3v) is 1.69. The van der Waals surface area contributed by atoms with E-state index in [1.807, 2.05) is 6.92 Å². The van der Waals surface area contributed by atoms with E-state index in [9.17, 15) is 14.0 Å². The Kier molecular flexibility index (Phi) is 6.66. The van der Waals surface area contributed by atoms with Crippen LogP contribution in [0.25, 0.3) is 0 Å². The number of rotatable bonds is 6. The molecule has 0 N–H and O–H groups in total. The number of alkyl halides is 1. The first-order valence-corrected chi connectivity index (χ1v) is 5.00. The van der Waals surface area contributed by atoms with Gasteiger partial charge in [-0.05, 0) is 20.3 Å². The second-order valence-corrected chi connectivity index (χ2v) is 3.22. The summed E-state index contributed by atoms with van der Waals surface area (Å²) >= 11 is 0. The quantitative estimate of drug-likeness (QED) is 0.504. The van der Waals surface area contributed by atoms with Crippen molar-refractivity contribution in [3.05, 3.63) is 0 Å². The number of carbonyl (C=O) groups excluding carboxylic acids is 2. The molecule has 0 saturated heterocycles. The van der Waals surface area contributed by atoms with Gasteiger partial charge in [0.25, 0.3) is 0 Å². The minimum absolute atomic E-state index is 0.294.